The summed E-state index contributed by atoms with van der Waals surface area (Å²) in [5.74, 6) is -1.25. The fourth-order valence-electron chi connectivity index (χ4n) is 10.7. The van der Waals surface area contributed by atoms with Gasteiger partial charge in [-0.3, -0.25) is 23.9 Å². The maximum atomic E-state index is 14.7. The normalized spacial score (nSPS) is 20.2. The van der Waals surface area contributed by atoms with Crippen LogP contribution in [0.25, 0.3) is 33.1 Å². The van der Waals surface area contributed by atoms with Gasteiger partial charge in [0, 0.05) is 41.4 Å². The van der Waals surface area contributed by atoms with Crippen molar-refractivity contribution in [2.75, 3.05) is 19.0 Å². The predicted molar refractivity (Wildman–Crippen MR) is 323 cm³/mol. The molecule has 0 radical (unpaired) electrons. The number of sulfonamides is 2. The monoisotopic (exact) mass is 1200 g/mol. The summed E-state index contributed by atoms with van der Waals surface area (Å²) in [6.45, 7) is 16.9. The number of amides is 4. The minimum Gasteiger partial charge on any atom is -0.506 e. The number of methoxy groups -OCH3 is 1. The van der Waals surface area contributed by atoms with Crippen molar-refractivity contribution >= 4 is 77.2 Å². The lowest BCUT2D eigenvalue weighted by molar-refractivity contribution is -0.143. The maximum Gasteiger partial charge on any atom is 0.408 e. The number of aromatic hydroxyl groups is 1. The Labute approximate surface area is 495 Å². The van der Waals surface area contributed by atoms with Crippen molar-refractivity contribution in [1.29, 1.82) is 0 Å². The number of carbonyl (C=O) groups excluding carboxylic acids is 4. The quantitative estimate of drug-likeness (QED) is 0.0608. The third-order valence-electron chi connectivity index (χ3n) is 15.5. The number of alkyl carbamates (subject to hydrolysis) is 1. The summed E-state index contributed by atoms with van der Waals surface area (Å²) in [4.78, 5) is 75.4. The highest BCUT2D eigenvalue weighted by Crippen LogP contribution is 2.47. The molecule has 3 fully saturated rings. The number of aryl methyl sites for hydroxylation is 1. The molecule has 4 amide bonds. The number of nitrogens with one attached hydrogen (secondary N) is 4. The lowest BCUT2D eigenvalue weighted by Crippen LogP contribution is -2.60. The molecule has 1 saturated heterocycles. The molecule has 0 unspecified atom stereocenters. The Hall–Kier alpha value is -8.05. The molecular weight excluding hydrogens is 1130 g/mol. The van der Waals surface area contributed by atoms with Gasteiger partial charge in [-0.2, -0.15) is 8.42 Å². The fraction of sp³-hybridized carbons (Fsp3) is 0.435. The molecule has 0 bridgehead atoms. The van der Waals surface area contributed by atoms with Gasteiger partial charge in [0.05, 0.1) is 41.3 Å². The molecule has 2 saturated carbocycles. The lowest BCUT2D eigenvalue weighted by atomic mass is 9.85. The van der Waals surface area contributed by atoms with Gasteiger partial charge in [0.1, 0.15) is 57.0 Å². The molecule has 21 nitrogen and oxygen atoms in total. The zero-order chi connectivity index (χ0) is 61.6. The first-order valence-electron chi connectivity index (χ1n) is 28.5. The van der Waals surface area contributed by atoms with Crippen molar-refractivity contribution in [2.24, 2.45) is 21.6 Å². The van der Waals surface area contributed by atoms with E-state index in [4.69, 9.17) is 19.2 Å². The zero-order valence-electron chi connectivity index (χ0n) is 49.4. The zero-order valence-corrected chi connectivity index (χ0v) is 51.0. The number of anilines is 1. The molecule has 10 rings (SSSR count). The first-order valence-corrected chi connectivity index (χ1v) is 31.5. The second-order valence-electron chi connectivity index (χ2n) is 24.5. The summed E-state index contributed by atoms with van der Waals surface area (Å²) < 4.78 is 76.1. The third kappa shape index (κ3) is 13.4. The number of amidine groups is 1. The van der Waals surface area contributed by atoms with E-state index in [1.54, 1.807) is 108 Å². The Morgan fingerprint density at radius 3 is 2.24 bits per heavy atom. The van der Waals surface area contributed by atoms with E-state index in [-0.39, 0.29) is 47.3 Å². The van der Waals surface area contributed by atoms with Crippen molar-refractivity contribution in [2.45, 2.75) is 147 Å². The van der Waals surface area contributed by atoms with Crippen LogP contribution in [0.15, 0.2) is 117 Å². The minimum atomic E-state index is -4.00. The van der Waals surface area contributed by atoms with E-state index in [1.165, 1.54) is 11.0 Å². The van der Waals surface area contributed by atoms with Crippen LogP contribution in [0.3, 0.4) is 0 Å². The van der Waals surface area contributed by atoms with Crippen molar-refractivity contribution in [1.82, 2.24) is 29.8 Å². The number of hydrogen-bond acceptors (Lipinski definition) is 15. The van der Waals surface area contributed by atoms with Gasteiger partial charge in [-0.25, -0.2) is 18.2 Å². The Morgan fingerprint density at radius 1 is 0.906 bits per heavy atom. The van der Waals surface area contributed by atoms with Crippen LogP contribution in [0.5, 0.6) is 17.2 Å². The molecular formula is C62H74N8O13S2. The number of likely N-dealkylation sites (tertiary alicyclic amines) is 1. The van der Waals surface area contributed by atoms with Crippen molar-refractivity contribution in [3.05, 3.63) is 119 Å². The van der Waals surface area contributed by atoms with Crippen LogP contribution in [0.2, 0.25) is 0 Å². The topological polar surface area (TPSA) is 283 Å². The number of para-hydroxylation sites is 2. The van der Waals surface area contributed by atoms with Gasteiger partial charge >= 0.3 is 6.09 Å². The van der Waals surface area contributed by atoms with Crippen molar-refractivity contribution in [3.63, 3.8) is 0 Å². The number of aromatic nitrogens is 2. The van der Waals surface area contributed by atoms with E-state index in [0.29, 0.717) is 76.4 Å². The van der Waals surface area contributed by atoms with Gasteiger partial charge in [-0.05, 0) is 100 Å². The summed E-state index contributed by atoms with van der Waals surface area (Å²) in [5, 5.41) is 19.9. The van der Waals surface area contributed by atoms with Crippen molar-refractivity contribution in [3.8, 4) is 28.5 Å². The summed E-state index contributed by atoms with van der Waals surface area (Å²) in [7, 11) is -6.31. The predicted octanol–water partition coefficient (Wildman–Crippen LogP) is 8.41. The maximum absolute atomic E-state index is 14.7. The van der Waals surface area contributed by atoms with Gasteiger partial charge < -0.3 is 44.7 Å². The van der Waals surface area contributed by atoms with Gasteiger partial charge in [0.15, 0.2) is 5.84 Å². The summed E-state index contributed by atoms with van der Waals surface area (Å²) in [6.07, 6.45) is 1.01. The molecule has 2 aliphatic carbocycles. The molecule has 4 heterocycles. The van der Waals surface area contributed by atoms with Crippen LogP contribution in [0, 0.1) is 17.3 Å². The van der Waals surface area contributed by atoms with Crippen LogP contribution in [-0.4, -0.2) is 114 Å². The van der Waals surface area contributed by atoms with Gasteiger partial charge in [0.25, 0.3) is 21.5 Å². The second kappa shape index (κ2) is 23.8. The SMILES string of the molecule is CC(C)CCn1c(=O)c(C2=NS(=O)(=O)c3ccccc3N2)c(O)c2ccccc21.CC[C@H]1C[C@@]1(NC(=O)[C@@H]1C[C@@H](Oc2cc(-c3ccccc3)nc3cc(OC)ccc23)CN1C(=O)[C@@H](NC(=O)OC(C)(C)C)C(C)(C)C)C(=O)NS(=O)(=O)C1CC1. The lowest BCUT2D eigenvalue weighted by Gasteiger charge is -2.36. The first-order chi connectivity index (χ1) is 40.0. The minimum absolute atomic E-state index is 0.0316. The molecule has 4 aromatic carbocycles. The second-order valence-corrected chi connectivity index (χ2v) is 28.1. The molecule has 2 aliphatic heterocycles. The van der Waals surface area contributed by atoms with E-state index in [0.717, 1.165) is 12.0 Å². The number of rotatable bonds is 16. The Balaban J connectivity index is 0.000000249. The molecule has 452 valence electrons. The number of nitrogens with zero attached hydrogens (tertiary/aromatic N) is 4. The van der Waals surface area contributed by atoms with Crippen LogP contribution in [-0.2, 0) is 45.7 Å². The Kier molecular flexibility index (Phi) is 17.2. The van der Waals surface area contributed by atoms with E-state index in [2.05, 4.69) is 38.9 Å². The number of hydrogen-bond donors (Lipinski definition) is 5. The molecule has 2 aromatic heterocycles. The molecule has 6 aromatic rings. The Morgan fingerprint density at radius 2 is 1.59 bits per heavy atom. The highest BCUT2D eigenvalue weighted by Gasteiger charge is 2.62. The smallest absolute Gasteiger partial charge is 0.408 e. The standard InChI is InChI=1S/C41H53N5O9S.C21H21N3O4S/c1-9-25-22-41(25,37(49)45-56(51,52)28-16-17-28)44-35(47)32-20-27(23-46(32)36(48)34(39(2,3)4)43-38(50)55-40(5,6)7)54-33-21-30(24-13-11-10-12-14-24)42-31-19-26(53-8)15-18-29(31)33;1-13(2)11-12-24-16-9-5-3-7-14(16)19(25)18(21(24)26)20-22-15-8-4-6-10-17(15)29(27,28)23-20/h10-15,18-19,21,25,27-28,32,34H,9,16-17,20,22-23H2,1-8H3,(H,43,50)(H,44,47)(H,45,49);3-10,13,25H,11-12H2,1-2H3,(H,22,23)/t25-,27+,32-,34+,41-;/m0./s1. The van der Waals surface area contributed by atoms with Crippen molar-refractivity contribution < 1.29 is 55.3 Å². The van der Waals surface area contributed by atoms with E-state index in [9.17, 15) is 45.9 Å². The average Bonchev–Trinajstić information content (AvgIpc) is 1.78. The number of pyridine rings is 2. The molecule has 85 heavy (non-hydrogen) atoms. The molecule has 0 spiro atoms. The van der Waals surface area contributed by atoms with Gasteiger partial charge in [-0.1, -0.05) is 103 Å². The van der Waals surface area contributed by atoms with Gasteiger partial charge in [0.2, 0.25) is 21.8 Å². The summed E-state index contributed by atoms with van der Waals surface area (Å²) >= 11 is 0. The van der Waals surface area contributed by atoms with E-state index < -0.39 is 89.4 Å². The highest BCUT2D eigenvalue weighted by atomic mass is 32.2. The number of benzene rings is 4. The number of carbonyl (C=O) groups is 4. The first kappa shape index (κ1) is 61.5. The highest BCUT2D eigenvalue weighted by molar-refractivity contribution is 7.91. The third-order valence-corrected chi connectivity index (χ3v) is 18.6. The molecule has 4 aliphatic rings. The average molecular weight is 1200 g/mol. The van der Waals surface area contributed by atoms with E-state index >= 15 is 0 Å². The largest absolute Gasteiger partial charge is 0.506 e. The number of fused-ring (bicyclic) bond motifs is 3. The Bertz CT molecular complexity index is 3910. The molecule has 5 atom stereocenters. The van der Waals surface area contributed by atoms with Crippen LogP contribution >= 0.6 is 0 Å². The summed E-state index contributed by atoms with van der Waals surface area (Å²) in [6, 6.07) is 27.9. The van der Waals surface area contributed by atoms with E-state index in [1.807, 2.05) is 49.4 Å². The molecule has 5 N–H and O–H groups in total. The fourth-order valence-corrected chi connectivity index (χ4v) is 13.2. The molecule has 23 heteroatoms. The van der Waals surface area contributed by atoms with Crippen LogP contribution in [0.4, 0.5) is 10.5 Å². The number of ether oxygens (including phenoxy) is 3. The van der Waals surface area contributed by atoms with Gasteiger partial charge in [-0.15, -0.1) is 4.40 Å². The van der Waals surface area contributed by atoms with Crippen LogP contribution < -0.4 is 35.7 Å². The van der Waals surface area contributed by atoms with Crippen LogP contribution in [0.1, 0.15) is 106 Å². The summed E-state index contributed by atoms with van der Waals surface area (Å²) in [5.41, 5.74) is -0.710.